The van der Waals surface area contributed by atoms with E-state index in [4.69, 9.17) is 33.4 Å². The highest BCUT2D eigenvalue weighted by atomic mass is 17.0. The average molecular weight is 546 g/mol. The van der Waals surface area contributed by atoms with E-state index < -0.39 is 94.6 Å². The summed E-state index contributed by atoms with van der Waals surface area (Å²) in [6.07, 6.45) is -11.2. The molecule has 0 aromatic heterocycles. The molecule has 2 rings (SSSR count). The van der Waals surface area contributed by atoms with Gasteiger partial charge in [0.25, 0.3) is 20.3 Å². The third-order valence-electron chi connectivity index (χ3n) is 5.83. The number of ether oxygens (including phenoxy) is 5. The molecule has 10 atom stereocenters. The standard InChI is InChI=1S/C16H26N4O17/c1-7-11(29-3)9(5-31-17(21)22)34-16(13(7)37-20(27)28)35-14-10(6-32-18(23)24)33-15(30-4)8(2)12(14)36-19(25)26/h7-16H,5-6H2,1-4H3. The quantitative estimate of drug-likeness (QED) is 0.193. The van der Waals surface area contributed by atoms with Crippen LogP contribution in [-0.2, 0) is 43.0 Å². The summed E-state index contributed by atoms with van der Waals surface area (Å²) in [7, 11) is 2.44. The largest absolute Gasteiger partial charge is 0.378 e. The Morgan fingerprint density at radius 3 is 1.57 bits per heavy atom. The van der Waals surface area contributed by atoms with E-state index in [2.05, 4.69) is 9.68 Å². The highest BCUT2D eigenvalue weighted by Crippen LogP contribution is 2.36. The molecule has 0 spiro atoms. The monoisotopic (exact) mass is 546 g/mol. The van der Waals surface area contributed by atoms with Crippen molar-refractivity contribution < 1.29 is 63.4 Å². The molecular weight excluding hydrogens is 520 g/mol. The molecule has 0 amide bonds. The first-order valence-electron chi connectivity index (χ1n) is 10.6. The van der Waals surface area contributed by atoms with Gasteiger partial charge in [-0.05, 0) is 0 Å². The highest BCUT2D eigenvalue weighted by molar-refractivity contribution is 4.93. The highest BCUT2D eigenvalue weighted by Gasteiger charge is 2.53. The molecule has 0 aromatic rings. The lowest BCUT2D eigenvalue weighted by Crippen LogP contribution is -2.63. The van der Waals surface area contributed by atoms with Crippen LogP contribution in [0.2, 0.25) is 0 Å². The van der Waals surface area contributed by atoms with Gasteiger partial charge in [-0.1, -0.05) is 13.8 Å². The zero-order valence-electron chi connectivity index (χ0n) is 19.9. The first kappa shape index (κ1) is 29.8. The normalized spacial score (nSPS) is 35.7. The van der Waals surface area contributed by atoms with Crippen molar-refractivity contribution in [2.75, 3.05) is 27.4 Å². The molecule has 2 saturated heterocycles. The summed E-state index contributed by atoms with van der Waals surface area (Å²) in [6.45, 7) is 1.40. The number of rotatable bonds is 14. The number of methoxy groups -OCH3 is 2. The summed E-state index contributed by atoms with van der Waals surface area (Å²) in [5.41, 5.74) is 0. The molecule has 2 aliphatic rings. The van der Waals surface area contributed by atoms with Crippen molar-refractivity contribution in [2.24, 2.45) is 11.8 Å². The average Bonchev–Trinajstić information content (AvgIpc) is 2.81. The zero-order valence-corrected chi connectivity index (χ0v) is 19.9. The van der Waals surface area contributed by atoms with Crippen molar-refractivity contribution in [3.8, 4) is 0 Å². The summed E-state index contributed by atoms with van der Waals surface area (Å²) < 4.78 is 27.5. The van der Waals surface area contributed by atoms with E-state index in [1.807, 2.05) is 0 Å². The molecule has 10 unspecified atom stereocenters. The van der Waals surface area contributed by atoms with Crippen LogP contribution < -0.4 is 0 Å². The fourth-order valence-electron chi connectivity index (χ4n) is 4.24. The lowest BCUT2D eigenvalue weighted by atomic mass is 9.89. The molecule has 0 aliphatic carbocycles. The van der Waals surface area contributed by atoms with Crippen LogP contribution in [-0.4, -0.2) is 97.0 Å². The second-order valence-electron chi connectivity index (χ2n) is 7.97. The first-order valence-corrected chi connectivity index (χ1v) is 10.6. The first-order chi connectivity index (χ1) is 17.4. The van der Waals surface area contributed by atoms with Crippen LogP contribution in [0.15, 0.2) is 0 Å². The van der Waals surface area contributed by atoms with E-state index in [-0.39, 0.29) is 0 Å². The molecule has 37 heavy (non-hydrogen) atoms. The lowest BCUT2D eigenvalue weighted by molar-refractivity contribution is -0.782. The Bertz CT molecular complexity index is 816. The Morgan fingerprint density at radius 2 is 1.11 bits per heavy atom. The molecule has 2 heterocycles. The SMILES string of the molecule is COC1OC(CO[N+](=O)[O-])C(OC2OC(CO[N+](=O)[O-])C(OC)C(C)C2O[N+](=O)[O-])C(O[N+](=O)[O-])C1C. The van der Waals surface area contributed by atoms with Crippen molar-refractivity contribution in [1.29, 1.82) is 0 Å². The van der Waals surface area contributed by atoms with E-state index in [1.165, 1.54) is 28.1 Å². The fraction of sp³-hybridized carbons (Fsp3) is 1.00. The third kappa shape index (κ3) is 7.79. The molecule has 2 aliphatic heterocycles. The Hall–Kier alpha value is -3.40. The summed E-state index contributed by atoms with van der Waals surface area (Å²) in [5.74, 6) is -1.82. The maximum atomic E-state index is 11.2. The second kappa shape index (κ2) is 13.2. The van der Waals surface area contributed by atoms with E-state index in [0.717, 1.165) is 0 Å². The van der Waals surface area contributed by atoms with E-state index >= 15 is 0 Å². The van der Waals surface area contributed by atoms with Gasteiger partial charge in [0.2, 0.25) is 0 Å². The molecule has 0 aromatic carbocycles. The Kier molecular flexibility index (Phi) is 10.7. The molecule has 21 nitrogen and oxygen atoms in total. The fourth-order valence-corrected chi connectivity index (χ4v) is 4.24. The van der Waals surface area contributed by atoms with Gasteiger partial charge in [0, 0.05) is 26.1 Å². The predicted octanol–water partition coefficient (Wildman–Crippen LogP) is -0.675. The van der Waals surface area contributed by atoms with Crippen LogP contribution in [0.1, 0.15) is 13.8 Å². The van der Waals surface area contributed by atoms with Gasteiger partial charge in [0.15, 0.2) is 18.7 Å². The summed E-state index contributed by atoms with van der Waals surface area (Å²) in [4.78, 5) is 62.1. The Balaban J connectivity index is 2.44. The van der Waals surface area contributed by atoms with E-state index in [9.17, 15) is 40.5 Å². The van der Waals surface area contributed by atoms with Gasteiger partial charge >= 0.3 is 0 Å². The Labute approximate surface area is 207 Å². The molecule has 2 fully saturated rings. The van der Waals surface area contributed by atoms with Crippen LogP contribution in [0.5, 0.6) is 0 Å². The van der Waals surface area contributed by atoms with Gasteiger partial charge in [-0.2, -0.15) is 0 Å². The number of nitrogens with zero attached hydrogens (tertiary/aromatic N) is 4. The van der Waals surface area contributed by atoms with Crippen LogP contribution in [0.25, 0.3) is 0 Å². The van der Waals surface area contributed by atoms with Crippen LogP contribution >= 0.6 is 0 Å². The minimum atomic E-state index is -1.73. The summed E-state index contributed by atoms with van der Waals surface area (Å²) >= 11 is 0. The van der Waals surface area contributed by atoms with Crippen molar-refractivity contribution in [3.63, 3.8) is 0 Å². The third-order valence-corrected chi connectivity index (χ3v) is 5.83. The summed E-state index contributed by atoms with van der Waals surface area (Å²) in [6, 6.07) is 0. The number of hydrogen-bond donors (Lipinski definition) is 0. The van der Waals surface area contributed by atoms with Crippen molar-refractivity contribution in [2.45, 2.75) is 63.1 Å². The molecule has 0 N–H and O–H groups in total. The van der Waals surface area contributed by atoms with Gasteiger partial charge in [0.1, 0.15) is 37.6 Å². The van der Waals surface area contributed by atoms with E-state index in [1.54, 1.807) is 0 Å². The summed E-state index contributed by atoms with van der Waals surface area (Å²) in [5, 5.41) is 39.4. The van der Waals surface area contributed by atoms with Crippen molar-refractivity contribution in [1.82, 2.24) is 0 Å². The maximum absolute atomic E-state index is 11.2. The van der Waals surface area contributed by atoms with Crippen LogP contribution in [0.4, 0.5) is 0 Å². The minimum absolute atomic E-state index is 0.674. The van der Waals surface area contributed by atoms with Gasteiger partial charge < -0.3 is 43.0 Å². The van der Waals surface area contributed by atoms with Gasteiger partial charge in [-0.3, -0.25) is 0 Å². The number of hydrogen-bond acceptors (Lipinski definition) is 17. The molecule has 0 saturated carbocycles. The van der Waals surface area contributed by atoms with Crippen LogP contribution in [0.3, 0.4) is 0 Å². The molecule has 21 heteroatoms. The minimum Gasteiger partial charge on any atom is -0.378 e. The van der Waals surface area contributed by atoms with Crippen molar-refractivity contribution >= 4 is 0 Å². The smallest absolute Gasteiger partial charge is 0.294 e. The molecule has 0 radical (unpaired) electrons. The van der Waals surface area contributed by atoms with Gasteiger partial charge in [-0.25, -0.2) is 0 Å². The molecular formula is C16H26N4O17. The van der Waals surface area contributed by atoms with Crippen LogP contribution in [0, 0.1) is 52.3 Å². The predicted molar refractivity (Wildman–Crippen MR) is 108 cm³/mol. The van der Waals surface area contributed by atoms with E-state index in [0.29, 0.717) is 0 Å². The maximum Gasteiger partial charge on any atom is 0.294 e. The Morgan fingerprint density at radius 1 is 0.622 bits per heavy atom. The van der Waals surface area contributed by atoms with Crippen molar-refractivity contribution in [3.05, 3.63) is 40.5 Å². The zero-order chi connectivity index (χ0) is 27.9. The van der Waals surface area contributed by atoms with Gasteiger partial charge in [0.05, 0.1) is 6.10 Å². The van der Waals surface area contributed by atoms with Gasteiger partial charge in [-0.15, -0.1) is 40.5 Å². The molecule has 0 bridgehead atoms. The molecule has 212 valence electrons. The second-order valence-corrected chi connectivity index (χ2v) is 7.97. The topological polar surface area (TPSA) is 256 Å². The lowest BCUT2D eigenvalue weighted by Gasteiger charge is -2.48.